The van der Waals surface area contributed by atoms with Crippen LogP contribution < -0.4 is 5.73 Å². The van der Waals surface area contributed by atoms with Gasteiger partial charge in [-0.2, -0.15) is 0 Å². The van der Waals surface area contributed by atoms with Gasteiger partial charge >= 0.3 is 5.97 Å². The Morgan fingerprint density at radius 2 is 1.40 bits per heavy atom. The van der Waals surface area contributed by atoms with Crippen molar-refractivity contribution in [3.05, 3.63) is 0 Å². The Hall–Kier alpha value is -1.06. The van der Waals surface area contributed by atoms with Gasteiger partial charge in [0.15, 0.2) is 0 Å². The van der Waals surface area contributed by atoms with Gasteiger partial charge in [0, 0.05) is 0 Å². The van der Waals surface area contributed by atoms with Crippen molar-refractivity contribution < 1.29 is 14.3 Å². The molecule has 6 saturated carbocycles. The van der Waals surface area contributed by atoms with Crippen LogP contribution in [0.3, 0.4) is 0 Å². The lowest BCUT2D eigenvalue weighted by Crippen LogP contribution is -3.12. The standard InChI is InChI=1S/C11H11NO3/c1-15-9(14)11-5-2-6(11)4-7(11)3(5)10(2,4)8(12)13/h2-7H,1H3,(H2,12,13). The molecule has 0 aliphatic heterocycles. The minimum Gasteiger partial charge on any atom is -0.469 e. The van der Waals surface area contributed by atoms with E-state index in [2.05, 4.69) is 0 Å². The van der Waals surface area contributed by atoms with Crippen LogP contribution in [0.5, 0.6) is 0 Å². The first-order valence-corrected chi connectivity index (χ1v) is 5.54. The van der Waals surface area contributed by atoms with Crippen molar-refractivity contribution in [1.29, 1.82) is 0 Å². The average Bonchev–Trinajstić information content (AvgIpc) is 2.27. The van der Waals surface area contributed by atoms with Crippen molar-refractivity contribution in [3.8, 4) is 0 Å². The number of amides is 1. The van der Waals surface area contributed by atoms with Crippen molar-refractivity contribution in [3.63, 3.8) is 0 Å². The van der Waals surface area contributed by atoms with Gasteiger partial charge in [-0.05, 0) is 35.5 Å². The van der Waals surface area contributed by atoms with Crippen LogP contribution in [-0.2, 0) is 14.3 Å². The number of rotatable bonds is 2. The van der Waals surface area contributed by atoms with Gasteiger partial charge in [0.05, 0.1) is 17.9 Å². The predicted octanol–water partition coefficient (Wildman–Crippen LogP) is -0.617. The van der Waals surface area contributed by atoms with E-state index in [1.807, 2.05) is 0 Å². The third kappa shape index (κ3) is 0.291. The maximum absolute atomic E-state index is 11.7. The first-order valence-electron chi connectivity index (χ1n) is 5.54. The van der Waals surface area contributed by atoms with Gasteiger partial charge in [-0.15, -0.1) is 0 Å². The van der Waals surface area contributed by atoms with Crippen LogP contribution in [0, 0.1) is 46.3 Å². The topological polar surface area (TPSA) is 69.4 Å². The zero-order chi connectivity index (χ0) is 10.3. The molecule has 0 aromatic carbocycles. The van der Waals surface area contributed by atoms with Crippen LogP contribution in [0.4, 0.5) is 0 Å². The molecule has 0 bridgehead atoms. The summed E-state index contributed by atoms with van der Waals surface area (Å²) >= 11 is 0. The summed E-state index contributed by atoms with van der Waals surface area (Å²) in [6.07, 6.45) is 0. The number of hydrogen-bond acceptors (Lipinski definition) is 3. The normalized spacial score (nSPS) is 72.3. The molecule has 0 unspecified atom stereocenters. The average molecular weight is 205 g/mol. The van der Waals surface area contributed by atoms with E-state index >= 15 is 0 Å². The molecule has 0 aromatic heterocycles. The highest BCUT2D eigenvalue weighted by atomic mass is 16.5. The molecule has 4 nitrogen and oxygen atoms in total. The van der Waals surface area contributed by atoms with Crippen LogP contribution in [0.15, 0.2) is 0 Å². The fraction of sp³-hybridized carbons (Fsp3) is 0.818. The number of hydrogen-bond donors (Lipinski definition) is 1. The number of methoxy groups -OCH3 is 1. The lowest BCUT2D eigenvalue weighted by molar-refractivity contribution is -0.626. The van der Waals surface area contributed by atoms with Crippen LogP contribution in [0.1, 0.15) is 0 Å². The molecule has 6 aliphatic rings. The molecule has 2 N–H and O–H groups in total. The molecule has 6 aliphatic carbocycles. The maximum Gasteiger partial charge on any atom is 0.312 e. The second kappa shape index (κ2) is 1.43. The summed E-state index contributed by atoms with van der Waals surface area (Å²) in [6.45, 7) is 0. The summed E-state index contributed by atoms with van der Waals surface area (Å²) in [7, 11) is 1.47. The zero-order valence-corrected chi connectivity index (χ0v) is 8.27. The molecule has 15 heavy (non-hydrogen) atoms. The lowest BCUT2D eigenvalue weighted by Gasteiger charge is -3.09. The monoisotopic (exact) mass is 205 g/mol. The molecule has 0 radical (unpaired) electrons. The Bertz CT molecular complexity index is 415. The molecule has 0 atom stereocenters. The van der Waals surface area contributed by atoms with Gasteiger partial charge in [0.1, 0.15) is 0 Å². The van der Waals surface area contributed by atoms with Gasteiger partial charge in [0.25, 0.3) is 0 Å². The quantitative estimate of drug-likeness (QED) is 0.611. The van der Waals surface area contributed by atoms with E-state index in [-0.39, 0.29) is 22.7 Å². The van der Waals surface area contributed by atoms with Gasteiger partial charge in [-0.1, -0.05) is 0 Å². The van der Waals surface area contributed by atoms with Crippen molar-refractivity contribution in [1.82, 2.24) is 0 Å². The first kappa shape index (κ1) is 7.25. The molecule has 6 fully saturated rings. The Kier molecular flexibility index (Phi) is 0.691. The van der Waals surface area contributed by atoms with Crippen LogP contribution >= 0.6 is 0 Å². The smallest absolute Gasteiger partial charge is 0.312 e. The molecule has 4 heteroatoms. The highest BCUT2D eigenvalue weighted by Gasteiger charge is 3.13. The van der Waals surface area contributed by atoms with E-state index in [9.17, 15) is 9.59 Å². The molecule has 0 saturated heterocycles. The highest BCUT2D eigenvalue weighted by Crippen LogP contribution is 3.10. The van der Waals surface area contributed by atoms with E-state index in [0.29, 0.717) is 35.5 Å². The minimum absolute atomic E-state index is 0.0241. The Morgan fingerprint density at radius 3 is 1.73 bits per heavy atom. The number of carbonyl (C=O) groups excluding carboxylic acids is 2. The Labute approximate surface area is 86.1 Å². The fourth-order valence-corrected chi connectivity index (χ4v) is 6.61. The van der Waals surface area contributed by atoms with Crippen molar-refractivity contribution in [2.75, 3.05) is 7.11 Å². The first-order chi connectivity index (χ1) is 7.16. The minimum atomic E-state index is -0.143. The molecular formula is C11H11NO3. The second-order valence-corrected chi connectivity index (χ2v) is 5.88. The van der Waals surface area contributed by atoms with E-state index in [1.54, 1.807) is 0 Å². The Balaban J connectivity index is 1.59. The maximum atomic E-state index is 11.7. The molecule has 0 aromatic rings. The van der Waals surface area contributed by atoms with Crippen LogP contribution in [0.25, 0.3) is 0 Å². The molecule has 0 spiro atoms. The number of primary amides is 1. The van der Waals surface area contributed by atoms with E-state index in [0.717, 1.165) is 0 Å². The summed E-state index contributed by atoms with van der Waals surface area (Å²) in [6, 6.07) is 0. The van der Waals surface area contributed by atoms with Gasteiger partial charge < -0.3 is 10.5 Å². The lowest BCUT2D eigenvalue weighted by atomic mass is 8.92. The van der Waals surface area contributed by atoms with Gasteiger partial charge in [-0.25, -0.2) is 0 Å². The molecule has 78 valence electrons. The van der Waals surface area contributed by atoms with E-state index < -0.39 is 0 Å². The van der Waals surface area contributed by atoms with E-state index in [4.69, 9.17) is 10.5 Å². The van der Waals surface area contributed by atoms with E-state index in [1.165, 1.54) is 7.11 Å². The van der Waals surface area contributed by atoms with Crippen LogP contribution in [-0.4, -0.2) is 19.0 Å². The summed E-state index contributed by atoms with van der Waals surface area (Å²) in [5.74, 6) is 2.60. The van der Waals surface area contributed by atoms with Gasteiger partial charge in [-0.3, -0.25) is 9.59 Å². The molecule has 6 rings (SSSR count). The second-order valence-electron chi connectivity index (χ2n) is 5.88. The zero-order valence-electron chi connectivity index (χ0n) is 8.27. The SMILES string of the molecule is COC(=O)C12C3C4C1C1C2C3C41C(N)=O. The fourth-order valence-electron chi connectivity index (χ4n) is 6.61. The molecule has 1 amide bonds. The summed E-state index contributed by atoms with van der Waals surface area (Å²) in [5.41, 5.74) is 5.21. The number of esters is 1. The Morgan fingerprint density at radius 1 is 1.00 bits per heavy atom. The highest BCUT2D eigenvalue weighted by molar-refractivity contribution is 5.98. The number of carbonyl (C=O) groups is 2. The van der Waals surface area contributed by atoms with Gasteiger partial charge in [0.2, 0.25) is 5.91 Å². The van der Waals surface area contributed by atoms with Crippen molar-refractivity contribution in [2.24, 2.45) is 52.1 Å². The largest absolute Gasteiger partial charge is 0.469 e. The third-order valence-electron chi connectivity index (χ3n) is 6.60. The van der Waals surface area contributed by atoms with Crippen LogP contribution in [0.2, 0.25) is 0 Å². The predicted molar refractivity (Wildman–Crippen MR) is 47.0 cm³/mol. The third-order valence-corrected chi connectivity index (χ3v) is 6.60. The summed E-state index contributed by atoms with van der Waals surface area (Å²) < 4.78 is 4.90. The van der Waals surface area contributed by atoms with Crippen molar-refractivity contribution in [2.45, 2.75) is 0 Å². The summed E-state index contributed by atoms with van der Waals surface area (Å²) in [5, 5.41) is 0. The number of ether oxygens (including phenoxy) is 1. The van der Waals surface area contributed by atoms with Crippen molar-refractivity contribution >= 4 is 11.9 Å². The number of nitrogens with two attached hydrogens (primary N) is 1. The summed E-state index contributed by atoms with van der Waals surface area (Å²) in [4.78, 5) is 23.2. The molecule has 0 heterocycles. The molecular weight excluding hydrogens is 194 g/mol.